The van der Waals surface area contributed by atoms with Crippen LogP contribution in [0.1, 0.15) is 60.2 Å². The molecule has 1 aliphatic carbocycles. The fraction of sp³-hybridized carbons (Fsp3) is 0.219. The first-order valence-electron chi connectivity index (χ1n) is 13.9. The van der Waals surface area contributed by atoms with Gasteiger partial charge in [-0.15, -0.1) is 5.10 Å². The largest absolute Gasteiger partial charge is 0.378 e. The zero-order chi connectivity index (χ0) is 30.0. The number of nitrogens with zero attached hydrogens (tertiary/aromatic N) is 6. The summed E-state index contributed by atoms with van der Waals surface area (Å²) in [4.78, 5) is 4.56. The molecule has 5 aromatic rings. The summed E-state index contributed by atoms with van der Waals surface area (Å²) in [5.41, 5.74) is 2.91. The number of aromatic nitrogens is 4. The molecule has 11 heteroatoms. The van der Waals surface area contributed by atoms with Crippen molar-refractivity contribution >= 4 is 46.1 Å². The molecule has 210 valence electrons. The molecule has 2 N–H and O–H groups in total. The van der Waals surface area contributed by atoms with Gasteiger partial charge in [0, 0.05) is 28.2 Å². The van der Waals surface area contributed by atoms with E-state index in [0.717, 1.165) is 18.4 Å². The van der Waals surface area contributed by atoms with Gasteiger partial charge in [-0.1, -0.05) is 47.7 Å². The SMILES string of the molecule is [B]C(Nc1cc(Br)c2ncc(C#N)c(N[C@H](CCC#N)c3ccccc3)c2c1)(c1ccc(F)cc1)c1cn(C2CC2)nn1. The lowest BCUT2D eigenvalue weighted by molar-refractivity contribution is 0.610. The van der Waals surface area contributed by atoms with Crippen LogP contribution in [0, 0.1) is 28.5 Å². The van der Waals surface area contributed by atoms with Gasteiger partial charge in [0.25, 0.3) is 0 Å². The number of hydrogen-bond acceptors (Lipinski definition) is 7. The van der Waals surface area contributed by atoms with Crippen molar-refractivity contribution in [2.24, 2.45) is 0 Å². The predicted octanol–water partition coefficient (Wildman–Crippen LogP) is 6.87. The topological polar surface area (TPSA) is 115 Å². The average Bonchev–Trinajstić information content (AvgIpc) is 3.75. The van der Waals surface area contributed by atoms with Gasteiger partial charge in [0.2, 0.25) is 0 Å². The number of nitrogens with one attached hydrogen (secondary N) is 2. The van der Waals surface area contributed by atoms with Crippen LogP contribution in [0.15, 0.2) is 83.6 Å². The van der Waals surface area contributed by atoms with Crippen molar-refractivity contribution in [1.29, 1.82) is 10.5 Å². The molecule has 0 spiro atoms. The molecule has 1 unspecified atom stereocenters. The molecule has 1 fully saturated rings. The van der Waals surface area contributed by atoms with E-state index in [4.69, 9.17) is 7.85 Å². The number of rotatable bonds is 10. The van der Waals surface area contributed by atoms with Gasteiger partial charge in [0.1, 0.15) is 25.4 Å². The normalized spacial score (nSPS) is 14.8. The van der Waals surface area contributed by atoms with Crippen molar-refractivity contribution in [2.75, 3.05) is 10.6 Å². The van der Waals surface area contributed by atoms with Crippen LogP contribution in [0.4, 0.5) is 15.8 Å². The van der Waals surface area contributed by atoms with Crippen LogP contribution < -0.4 is 10.6 Å². The number of anilines is 2. The minimum absolute atomic E-state index is 0.223. The molecule has 3 aromatic carbocycles. The molecule has 0 saturated heterocycles. The van der Waals surface area contributed by atoms with Gasteiger partial charge in [-0.3, -0.25) is 4.98 Å². The number of fused-ring (bicyclic) bond motifs is 1. The quantitative estimate of drug-likeness (QED) is 0.162. The summed E-state index contributed by atoms with van der Waals surface area (Å²) in [7, 11) is 7.08. The first kappa shape index (κ1) is 28.4. The van der Waals surface area contributed by atoms with Crippen LogP contribution in [0.5, 0.6) is 0 Å². The van der Waals surface area contributed by atoms with Crippen molar-refractivity contribution in [3.05, 3.63) is 112 Å². The summed E-state index contributed by atoms with van der Waals surface area (Å²) in [6.45, 7) is 0. The zero-order valence-electron chi connectivity index (χ0n) is 23.0. The summed E-state index contributed by atoms with van der Waals surface area (Å²) in [6.07, 6.45) is 6.31. The first-order chi connectivity index (χ1) is 20.9. The third kappa shape index (κ3) is 5.82. The van der Waals surface area contributed by atoms with Crippen LogP contribution in [0.25, 0.3) is 10.9 Å². The highest BCUT2D eigenvalue weighted by Crippen LogP contribution is 2.39. The van der Waals surface area contributed by atoms with Crippen LogP contribution in [0.2, 0.25) is 0 Å². The minimum atomic E-state index is -1.36. The van der Waals surface area contributed by atoms with Crippen molar-refractivity contribution in [1.82, 2.24) is 20.0 Å². The van der Waals surface area contributed by atoms with Crippen molar-refractivity contribution < 1.29 is 4.39 Å². The molecule has 2 heterocycles. The Kier molecular flexibility index (Phi) is 7.83. The third-order valence-electron chi connectivity index (χ3n) is 7.59. The fourth-order valence-corrected chi connectivity index (χ4v) is 5.72. The second-order valence-electron chi connectivity index (χ2n) is 10.6. The maximum Gasteiger partial charge on any atom is 0.123 e. The molecule has 8 nitrogen and oxygen atoms in total. The van der Waals surface area contributed by atoms with Gasteiger partial charge in [-0.2, -0.15) is 10.5 Å². The van der Waals surface area contributed by atoms with Gasteiger partial charge in [0.05, 0.1) is 46.6 Å². The standard InChI is InChI=1S/C32H25BBrFN8/c33-32(22-8-10-23(35)11-9-22,29-19-43(42-41-29)25-12-13-25)40-24-15-26-30(21(17-37)18-38-31(26)27(34)16-24)39-28(7-4-14-36)20-5-2-1-3-6-20/h1-3,5-6,8-11,15-16,18-19,25,28,40H,4,7,12-13H2,(H,38,39)/t28-,32?/m1/s1. The van der Waals surface area contributed by atoms with E-state index in [1.807, 2.05) is 53.3 Å². The highest BCUT2D eigenvalue weighted by Gasteiger charge is 2.34. The smallest absolute Gasteiger partial charge is 0.123 e. The van der Waals surface area contributed by atoms with E-state index in [0.29, 0.717) is 62.5 Å². The van der Waals surface area contributed by atoms with E-state index in [1.54, 1.807) is 12.1 Å². The Hall–Kier alpha value is -4.74. The lowest BCUT2D eigenvalue weighted by Crippen LogP contribution is -2.37. The number of nitriles is 2. The van der Waals surface area contributed by atoms with Gasteiger partial charge in [-0.25, -0.2) is 9.07 Å². The summed E-state index contributed by atoms with van der Waals surface area (Å²) >= 11 is 3.66. The molecule has 0 aliphatic heterocycles. The molecule has 0 bridgehead atoms. The number of halogens is 2. The Morgan fingerprint density at radius 2 is 1.88 bits per heavy atom. The Bertz CT molecular complexity index is 1860. The Labute approximate surface area is 258 Å². The molecule has 2 atom stereocenters. The molecule has 0 amide bonds. The van der Waals surface area contributed by atoms with Gasteiger partial charge in [0.15, 0.2) is 0 Å². The minimum Gasteiger partial charge on any atom is -0.378 e. The van der Waals surface area contributed by atoms with Crippen LogP contribution in [-0.4, -0.2) is 27.8 Å². The summed E-state index contributed by atoms with van der Waals surface area (Å²) < 4.78 is 16.4. The molecule has 2 radical (unpaired) electrons. The average molecular weight is 631 g/mol. The predicted molar refractivity (Wildman–Crippen MR) is 167 cm³/mol. The van der Waals surface area contributed by atoms with Crippen LogP contribution in [-0.2, 0) is 5.44 Å². The second kappa shape index (κ2) is 11.9. The van der Waals surface area contributed by atoms with E-state index in [9.17, 15) is 14.9 Å². The van der Waals surface area contributed by atoms with Gasteiger partial charge >= 0.3 is 0 Å². The molecule has 1 aliphatic rings. The van der Waals surface area contributed by atoms with Crippen LogP contribution in [0.3, 0.4) is 0 Å². The molecule has 2 aromatic heterocycles. The Morgan fingerprint density at radius 1 is 1.12 bits per heavy atom. The van der Waals surface area contributed by atoms with E-state index in [2.05, 4.69) is 54.0 Å². The van der Waals surface area contributed by atoms with Crippen LogP contribution >= 0.6 is 15.9 Å². The lowest BCUT2D eigenvalue weighted by atomic mass is 9.69. The van der Waals surface area contributed by atoms with E-state index in [-0.39, 0.29) is 11.9 Å². The van der Waals surface area contributed by atoms with Crippen molar-refractivity contribution in [2.45, 2.75) is 43.2 Å². The highest BCUT2D eigenvalue weighted by molar-refractivity contribution is 9.10. The summed E-state index contributed by atoms with van der Waals surface area (Å²) in [5.74, 6) is -0.378. The number of pyridine rings is 1. The molecular formula is C32H25BBrFN8. The van der Waals surface area contributed by atoms with E-state index in [1.165, 1.54) is 18.3 Å². The highest BCUT2D eigenvalue weighted by atomic mass is 79.9. The molecule has 43 heavy (non-hydrogen) atoms. The van der Waals surface area contributed by atoms with Gasteiger partial charge < -0.3 is 10.6 Å². The van der Waals surface area contributed by atoms with E-state index < -0.39 is 5.44 Å². The van der Waals surface area contributed by atoms with Crippen molar-refractivity contribution in [3.8, 4) is 12.1 Å². The monoisotopic (exact) mass is 630 g/mol. The molecule has 6 rings (SSSR count). The summed E-state index contributed by atoms with van der Waals surface area (Å²) in [6, 6.07) is 24.1. The first-order valence-corrected chi connectivity index (χ1v) is 14.6. The second-order valence-corrected chi connectivity index (χ2v) is 11.4. The molecular weight excluding hydrogens is 606 g/mol. The fourth-order valence-electron chi connectivity index (χ4n) is 5.16. The Morgan fingerprint density at radius 3 is 2.58 bits per heavy atom. The maximum absolute atomic E-state index is 13.9. The van der Waals surface area contributed by atoms with Crippen molar-refractivity contribution in [3.63, 3.8) is 0 Å². The third-order valence-corrected chi connectivity index (χ3v) is 8.19. The molecule has 1 saturated carbocycles. The number of benzene rings is 3. The summed E-state index contributed by atoms with van der Waals surface area (Å²) in [5, 5.41) is 35.7. The van der Waals surface area contributed by atoms with E-state index >= 15 is 0 Å². The lowest BCUT2D eigenvalue weighted by Gasteiger charge is -2.32. The number of hydrogen-bond donors (Lipinski definition) is 2. The Balaban J connectivity index is 1.45. The maximum atomic E-state index is 13.9. The zero-order valence-corrected chi connectivity index (χ0v) is 24.6. The van der Waals surface area contributed by atoms with Gasteiger partial charge in [-0.05, 0) is 70.6 Å².